The highest BCUT2D eigenvalue weighted by Crippen LogP contribution is 2.46. The first-order valence-corrected chi connectivity index (χ1v) is 12.5. The Balaban J connectivity index is 1.33. The summed E-state index contributed by atoms with van der Waals surface area (Å²) >= 11 is 12.9. The zero-order valence-electron chi connectivity index (χ0n) is 19.5. The summed E-state index contributed by atoms with van der Waals surface area (Å²) in [6, 6.07) is 5.44. The Kier molecular flexibility index (Phi) is 7.56. The molecule has 1 N–H and O–H groups in total. The molecule has 2 aromatic rings. The van der Waals surface area contributed by atoms with E-state index in [0.29, 0.717) is 46.3 Å². The van der Waals surface area contributed by atoms with Crippen LogP contribution in [0.4, 0.5) is 4.79 Å². The Morgan fingerprint density at radius 2 is 1.79 bits per heavy atom. The molecule has 8 heteroatoms. The van der Waals surface area contributed by atoms with Gasteiger partial charge in [-0.05, 0) is 77.3 Å². The molecule has 33 heavy (non-hydrogen) atoms. The second kappa shape index (κ2) is 10.2. The van der Waals surface area contributed by atoms with Crippen molar-refractivity contribution in [3.63, 3.8) is 0 Å². The van der Waals surface area contributed by atoms with E-state index in [4.69, 9.17) is 37.2 Å². The molecule has 0 aliphatic heterocycles. The number of halogens is 2. The quantitative estimate of drug-likeness (QED) is 0.443. The second-order valence-corrected chi connectivity index (χ2v) is 10.9. The van der Waals surface area contributed by atoms with E-state index in [1.54, 1.807) is 0 Å². The van der Waals surface area contributed by atoms with Gasteiger partial charge in [-0.3, -0.25) is 0 Å². The second-order valence-electron chi connectivity index (χ2n) is 10.1. The summed E-state index contributed by atoms with van der Waals surface area (Å²) in [5.41, 5.74) is 1.86. The molecule has 1 heterocycles. The fourth-order valence-electron chi connectivity index (χ4n) is 4.29. The van der Waals surface area contributed by atoms with Crippen molar-refractivity contribution in [2.75, 3.05) is 6.54 Å². The molecule has 0 spiro atoms. The van der Waals surface area contributed by atoms with Gasteiger partial charge in [0.25, 0.3) is 0 Å². The summed E-state index contributed by atoms with van der Waals surface area (Å²) in [6.07, 6.45) is 5.93. The third kappa shape index (κ3) is 6.43. The maximum Gasteiger partial charge on any atom is 0.407 e. The minimum Gasteiger partial charge on any atom is -0.444 e. The molecule has 0 bridgehead atoms. The molecule has 2 fully saturated rings. The van der Waals surface area contributed by atoms with E-state index in [1.165, 1.54) is 0 Å². The van der Waals surface area contributed by atoms with E-state index in [0.717, 1.165) is 49.8 Å². The summed E-state index contributed by atoms with van der Waals surface area (Å²) in [5, 5.41) is 8.34. The lowest BCUT2D eigenvalue weighted by Gasteiger charge is -2.29. The summed E-state index contributed by atoms with van der Waals surface area (Å²) in [5.74, 6) is 1.74. The Labute approximate surface area is 205 Å². The van der Waals surface area contributed by atoms with Crippen LogP contribution in [0.1, 0.15) is 76.5 Å². The number of hydrogen-bond donors (Lipinski definition) is 1. The Morgan fingerprint density at radius 1 is 1.12 bits per heavy atom. The van der Waals surface area contributed by atoms with Gasteiger partial charge in [0, 0.05) is 23.6 Å². The Bertz CT molecular complexity index is 953. The molecule has 2 aliphatic carbocycles. The lowest BCUT2D eigenvalue weighted by atomic mass is 9.87. The van der Waals surface area contributed by atoms with Crippen molar-refractivity contribution < 1.29 is 18.8 Å². The molecule has 0 atom stereocenters. The number of hydrogen-bond acceptors (Lipinski definition) is 5. The third-order valence-corrected chi connectivity index (χ3v) is 6.79. The average molecular weight is 495 g/mol. The molecule has 180 valence electrons. The number of nitrogens with one attached hydrogen (secondary N) is 1. The molecule has 0 unspecified atom stereocenters. The molecule has 2 saturated carbocycles. The van der Waals surface area contributed by atoms with Crippen LogP contribution in [0.2, 0.25) is 10.0 Å². The lowest BCUT2D eigenvalue weighted by molar-refractivity contribution is 0.00620. The largest absolute Gasteiger partial charge is 0.444 e. The molecular weight excluding hydrogens is 463 g/mol. The van der Waals surface area contributed by atoms with E-state index < -0.39 is 5.60 Å². The van der Waals surface area contributed by atoms with E-state index in [9.17, 15) is 4.79 Å². The van der Waals surface area contributed by atoms with Gasteiger partial charge in [-0.15, -0.1) is 0 Å². The van der Waals surface area contributed by atoms with Crippen LogP contribution in [-0.2, 0) is 16.1 Å². The molecule has 1 amide bonds. The van der Waals surface area contributed by atoms with Gasteiger partial charge in [0.2, 0.25) is 0 Å². The first-order valence-electron chi connectivity index (χ1n) is 11.7. The van der Waals surface area contributed by atoms with Crippen LogP contribution in [0.15, 0.2) is 22.7 Å². The fourth-order valence-corrected chi connectivity index (χ4v) is 4.87. The highest BCUT2D eigenvalue weighted by atomic mass is 35.5. The highest BCUT2D eigenvalue weighted by Gasteiger charge is 2.34. The van der Waals surface area contributed by atoms with Crippen LogP contribution in [0.5, 0.6) is 0 Å². The van der Waals surface area contributed by atoms with Gasteiger partial charge >= 0.3 is 6.09 Å². The summed E-state index contributed by atoms with van der Waals surface area (Å²) < 4.78 is 17.4. The molecule has 1 aromatic heterocycles. The number of rotatable bonds is 7. The minimum atomic E-state index is -0.482. The van der Waals surface area contributed by atoms with Crippen molar-refractivity contribution in [3.8, 4) is 11.3 Å². The number of carbonyl (C=O) groups is 1. The Hall–Kier alpha value is -1.76. The van der Waals surface area contributed by atoms with Gasteiger partial charge < -0.3 is 19.3 Å². The monoisotopic (exact) mass is 494 g/mol. The fraction of sp³-hybridized carbons (Fsp3) is 0.600. The summed E-state index contributed by atoms with van der Waals surface area (Å²) in [6.45, 7) is 6.66. The Morgan fingerprint density at radius 3 is 2.39 bits per heavy atom. The molecule has 2 aliphatic rings. The zero-order chi connectivity index (χ0) is 23.6. The lowest BCUT2D eigenvalue weighted by Crippen LogP contribution is -2.36. The predicted molar refractivity (Wildman–Crippen MR) is 129 cm³/mol. The molecule has 6 nitrogen and oxygen atoms in total. The van der Waals surface area contributed by atoms with Crippen LogP contribution in [0.25, 0.3) is 11.3 Å². The topological polar surface area (TPSA) is 73.6 Å². The van der Waals surface area contributed by atoms with Gasteiger partial charge in [0.15, 0.2) is 0 Å². The summed E-state index contributed by atoms with van der Waals surface area (Å²) in [4.78, 5) is 11.9. The van der Waals surface area contributed by atoms with Crippen LogP contribution >= 0.6 is 23.2 Å². The average Bonchev–Trinajstić information content (AvgIpc) is 3.51. The van der Waals surface area contributed by atoms with Crippen molar-refractivity contribution in [2.24, 2.45) is 5.92 Å². The van der Waals surface area contributed by atoms with Crippen molar-refractivity contribution >= 4 is 29.3 Å². The minimum absolute atomic E-state index is 0.166. The van der Waals surface area contributed by atoms with E-state index in [1.807, 2.05) is 39.0 Å². The standard InChI is InChI=1S/C25H32Cl2N2O4/c1-25(2,3)32-24(30)28-13-15-7-11-17(12-8-15)31-14-18-22(29-33-23(18)16-9-10-16)21-19(26)5-4-6-20(21)27/h4-6,15-17H,7-14H2,1-3H3,(H,28,30). The van der Waals surface area contributed by atoms with Gasteiger partial charge in [0.1, 0.15) is 17.1 Å². The van der Waals surface area contributed by atoms with Crippen molar-refractivity contribution in [1.82, 2.24) is 10.5 Å². The first kappa shape index (κ1) is 24.4. The number of nitrogens with zero attached hydrogens (tertiary/aromatic N) is 1. The van der Waals surface area contributed by atoms with Crippen LogP contribution in [0, 0.1) is 5.92 Å². The van der Waals surface area contributed by atoms with Gasteiger partial charge in [-0.25, -0.2) is 4.79 Å². The number of ether oxygens (including phenoxy) is 2. The van der Waals surface area contributed by atoms with Crippen LogP contribution in [0.3, 0.4) is 0 Å². The number of benzene rings is 1. The molecule has 4 rings (SSSR count). The number of carbonyl (C=O) groups excluding carboxylic acids is 1. The van der Waals surface area contributed by atoms with E-state index >= 15 is 0 Å². The maximum absolute atomic E-state index is 11.9. The zero-order valence-corrected chi connectivity index (χ0v) is 21.0. The highest BCUT2D eigenvalue weighted by molar-refractivity contribution is 6.39. The third-order valence-electron chi connectivity index (χ3n) is 6.16. The van der Waals surface area contributed by atoms with Crippen molar-refractivity contribution in [2.45, 2.75) is 83.5 Å². The molecule has 0 saturated heterocycles. The van der Waals surface area contributed by atoms with Gasteiger partial charge in [-0.2, -0.15) is 0 Å². The maximum atomic E-state index is 11.9. The normalized spacial score (nSPS) is 21.1. The SMILES string of the molecule is CC(C)(C)OC(=O)NCC1CCC(OCc2c(-c3c(Cl)cccc3Cl)noc2C2CC2)CC1. The van der Waals surface area contributed by atoms with Gasteiger partial charge in [0.05, 0.1) is 22.8 Å². The number of aromatic nitrogens is 1. The van der Waals surface area contributed by atoms with Crippen molar-refractivity contribution in [3.05, 3.63) is 39.6 Å². The van der Waals surface area contributed by atoms with Crippen LogP contribution in [-0.4, -0.2) is 29.5 Å². The molecular formula is C25H32Cl2N2O4. The van der Waals surface area contributed by atoms with Gasteiger partial charge in [-0.1, -0.05) is 34.4 Å². The van der Waals surface area contributed by atoms with Crippen molar-refractivity contribution in [1.29, 1.82) is 0 Å². The number of alkyl carbamates (subject to hydrolysis) is 1. The van der Waals surface area contributed by atoms with Crippen LogP contribution < -0.4 is 5.32 Å². The molecule has 1 aromatic carbocycles. The number of amides is 1. The molecule has 0 radical (unpaired) electrons. The van der Waals surface area contributed by atoms with E-state index in [2.05, 4.69) is 10.5 Å². The summed E-state index contributed by atoms with van der Waals surface area (Å²) in [7, 11) is 0. The van der Waals surface area contributed by atoms with E-state index in [-0.39, 0.29) is 12.2 Å². The predicted octanol–water partition coefficient (Wildman–Crippen LogP) is 7.13. The smallest absolute Gasteiger partial charge is 0.407 e. The first-order chi connectivity index (χ1) is 15.7.